The van der Waals surface area contributed by atoms with E-state index in [0.29, 0.717) is 65.5 Å². The molecule has 0 spiro atoms. The van der Waals surface area contributed by atoms with Crippen LogP contribution in [0, 0.1) is 11.8 Å². The lowest BCUT2D eigenvalue weighted by Crippen LogP contribution is -2.62. The van der Waals surface area contributed by atoms with E-state index in [9.17, 15) is 56.1 Å². The number of imidazole rings is 1. The number of benzene rings is 3. The maximum atomic E-state index is 15.1. The van der Waals surface area contributed by atoms with Crippen LogP contribution in [-0.2, 0) is 72.5 Å². The van der Waals surface area contributed by atoms with E-state index in [1.165, 1.54) is 63.2 Å². The van der Waals surface area contributed by atoms with Crippen molar-refractivity contribution in [2.24, 2.45) is 24.6 Å². The summed E-state index contributed by atoms with van der Waals surface area (Å²) in [4.78, 5) is 142. The summed E-state index contributed by atoms with van der Waals surface area (Å²) in [6.07, 6.45) is 6.08. The van der Waals surface area contributed by atoms with Crippen molar-refractivity contribution in [2.45, 2.75) is 132 Å². The van der Waals surface area contributed by atoms with Crippen LogP contribution in [-0.4, -0.2) is 142 Å². The largest absolute Gasteiger partial charge is 0.370 e. The van der Waals surface area contributed by atoms with Crippen molar-refractivity contribution in [1.82, 2.24) is 45.2 Å². The van der Waals surface area contributed by atoms with E-state index in [1.54, 1.807) is 24.9 Å². The van der Waals surface area contributed by atoms with Gasteiger partial charge in [0.25, 0.3) is 13.3 Å². The molecule has 0 radical (unpaired) electrons. The lowest BCUT2D eigenvalue weighted by atomic mass is 9.79. The van der Waals surface area contributed by atoms with Crippen LogP contribution in [0.25, 0.3) is 21.9 Å². The SMILES string of the molecule is CCOP(C)(=O)C(=O)c1ccc2[nH]c(C(=O)N[C@H]3CN(C(=O)C4CCC(CCc5ccc6c(c5)n(C)c(=O)n6C5CCC(=O)NC5=O)CC4)CC[C@H]4CC[C@@H](C(=O)N[C@@H](CCC(N)=O)C(=O)NCc5ccc(S(C)(=O)=O)cc5)N4C3=O)cc2c1. The molecule has 3 aromatic carbocycles. The number of nitrogens with one attached hydrogen (secondary N) is 5. The molecule has 1 saturated carbocycles. The van der Waals surface area contributed by atoms with Gasteiger partial charge in [0.05, 0.1) is 22.5 Å². The van der Waals surface area contributed by atoms with Crippen molar-refractivity contribution < 1.29 is 60.7 Å². The highest BCUT2D eigenvalue weighted by Gasteiger charge is 2.47. The van der Waals surface area contributed by atoms with Gasteiger partial charge in [-0.15, -0.1) is 0 Å². The number of aromatic nitrogens is 3. The zero-order valence-corrected chi connectivity index (χ0v) is 49.1. The predicted molar refractivity (Wildman–Crippen MR) is 308 cm³/mol. The number of hydrogen-bond donors (Lipinski definition) is 6. The summed E-state index contributed by atoms with van der Waals surface area (Å²) in [6.45, 7) is 2.86. The highest BCUT2D eigenvalue weighted by atomic mass is 32.2. The van der Waals surface area contributed by atoms with Crippen molar-refractivity contribution in [2.75, 3.05) is 32.6 Å². The number of nitrogens with two attached hydrogens (primary N) is 1. The van der Waals surface area contributed by atoms with Crippen molar-refractivity contribution in [3.05, 3.63) is 99.6 Å². The van der Waals surface area contributed by atoms with Crippen LogP contribution in [0.2, 0.25) is 0 Å². The van der Waals surface area contributed by atoms with Gasteiger partial charge in [-0.25, -0.2) is 13.2 Å². The van der Waals surface area contributed by atoms with Gasteiger partial charge in [0.15, 0.2) is 9.84 Å². The zero-order chi connectivity index (χ0) is 60.4. The molecule has 4 fully saturated rings. The van der Waals surface area contributed by atoms with Crippen LogP contribution in [0.15, 0.2) is 76.4 Å². The third-order valence-electron chi connectivity index (χ3n) is 16.8. The molecule has 4 aliphatic rings. The van der Waals surface area contributed by atoms with Crippen LogP contribution in [0.3, 0.4) is 0 Å². The van der Waals surface area contributed by atoms with E-state index in [0.717, 1.165) is 31.1 Å². The second kappa shape index (κ2) is 25.2. The van der Waals surface area contributed by atoms with E-state index >= 15 is 4.79 Å². The van der Waals surface area contributed by atoms with Crippen LogP contribution in [0.4, 0.5) is 0 Å². The molecule has 3 saturated heterocycles. The highest BCUT2D eigenvalue weighted by Crippen LogP contribution is 2.46. The predicted octanol–water partition coefficient (Wildman–Crippen LogP) is 3.48. The summed E-state index contributed by atoms with van der Waals surface area (Å²) >= 11 is 0. The van der Waals surface area contributed by atoms with Crippen molar-refractivity contribution in [3.8, 4) is 0 Å². The molecule has 2 aromatic heterocycles. The number of amides is 8. The van der Waals surface area contributed by atoms with Crippen LogP contribution >= 0.6 is 7.37 Å². The maximum absolute atomic E-state index is 15.1. The number of imide groups is 1. The van der Waals surface area contributed by atoms with E-state index in [2.05, 4.69) is 26.3 Å². The van der Waals surface area contributed by atoms with Gasteiger partial charge in [0.2, 0.25) is 46.9 Å². The molecule has 6 atom stereocenters. The summed E-state index contributed by atoms with van der Waals surface area (Å²) in [7, 11) is -5.48. The van der Waals surface area contributed by atoms with Gasteiger partial charge in [0.1, 0.15) is 29.9 Å². The smallest absolute Gasteiger partial charge is 0.329 e. The molecule has 3 aliphatic heterocycles. The van der Waals surface area contributed by atoms with E-state index in [1.807, 2.05) is 18.2 Å². The Bertz CT molecular complexity index is 3680. The molecule has 2 unspecified atom stereocenters. The van der Waals surface area contributed by atoms with Crippen LogP contribution in [0.5, 0.6) is 0 Å². The fourth-order valence-corrected chi connectivity index (χ4v) is 14.1. The number of rotatable bonds is 20. The van der Waals surface area contributed by atoms with Crippen LogP contribution in [0.1, 0.15) is 122 Å². The molecule has 5 heterocycles. The number of piperidine rings is 1. The highest BCUT2D eigenvalue weighted by molar-refractivity contribution is 7.90. The Kier molecular flexibility index (Phi) is 18.3. The number of nitrogens with zero attached hydrogens (tertiary/aromatic N) is 4. The molecule has 9 rings (SSSR count). The number of hydrogen-bond acceptors (Lipinski definition) is 14. The van der Waals surface area contributed by atoms with Crippen molar-refractivity contribution in [1.29, 1.82) is 0 Å². The Morgan fingerprint density at radius 2 is 1.60 bits per heavy atom. The standard InChI is InChI=1S/C58H71N10O14PS/c1-5-82-83(3,79)57(77)37-15-19-41-38(29-37)30-43(61-41)52(72)63-44-32-66(55(75)36-13-8-33(9-14-36)6-7-34-12-21-45-48(28-34)65(2)58(78)68(45)47-23-25-50(70)64-54(47)74)27-26-39-16-22-46(67(39)56(44)76)53(73)62-42(20-24-49(59)69)51(71)60-31-35-10-17-40(18-11-35)84(4,80)81/h10-12,15,17-19,21,28-30,33,36,39,42,44,46-47,61H,5-9,13-14,16,20,22-27,31-32H2,1-4H3,(H2,59,69)(H,60,71)(H,62,73)(H,63,72)(H,64,70,74)/t33?,36?,39-,42+,44+,46+,47?,83?/m1/s1. The summed E-state index contributed by atoms with van der Waals surface area (Å²) < 4.78 is 45.2. The first-order chi connectivity index (χ1) is 39.9. The Hall–Kier alpha value is -7.76. The summed E-state index contributed by atoms with van der Waals surface area (Å²) in [5.74, 6) is -4.51. The minimum absolute atomic E-state index is 0.0154. The minimum Gasteiger partial charge on any atom is -0.370 e. The van der Waals surface area contributed by atoms with Gasteiger partial charge in [-0.1, -0.05) is 18.2 Å². The summed E-state index contributed by atoms with van der Waals surface area (Å²) in [5.41, 5.74) is 7.87. The van der Waals surface area contributed by atoms with E-state index in [-0.39, 0.29) is 97.9 Å². The van der Waals surface area contributed by atoms with E-state index in [4.69, 9.17) is 10.3 Å². The first kappa shape index (κ1) is 60.8. The normalized spacial score (nSPS) is 22.3. The van der Waals surface area contributed by atoms with Gasteiger partial charge in [0, 0.05) is 80.9 Å². The first-order valence-electron chi connectivity index (χ1n) is 28.4. The first-order valence-corrected chi connectivity index (χ1v) is 32.4. The van der Waals surface area contributed by atoms with E-state index < -0.39 is 88.4 Å². The molecule has 0 bridgehead atoms. The number of H-pyrrole nitrogens is 1. The molecule has 24 nitrogen and oxygen atoms in total. The lowest BCUT2D eigenvalue weighted by molar-refractivity contribution is -0.147. The van der Waals surface area contributed by atoms with Gasteiger partial charge in [-0.2, -0.15) is 0 Å². The molecule has 8 amide bonds. The third-order valence-corrected chi connectivity index (χ3v) is 19.7. The average molecular weight is 1200 g/mol. The van der Waals surface area contributed by atoms with Crippen molar-refractivity contribution in [3.63, 3.8) is 0 Å². The van der Waals surface area contributed by atoms with Crippen LogP contribution < -0.4 is 32.7 Å². The Balaban J connectivity index is 0.897. The quantitative estimate of drug-likeness (QED) is 0.0480. The van der Waals surface area contributed by atoms with Gasteiger partial charge in [-0.3, -0.25) is 62.2 Å². The maximum Gasteiger partial charge on any atom is 0.329 e. The molecular formula is C58H71N10O14PS. The Labute approximate surface area is 484 Å². The lowest BCUT2D eigenvalue weighted by Gasteiger charge is -2.40. The van der Waals surface area contributed by atoms with Crippen molar-refractivity contribution >= 4 is 91.9 Å². The van der Waals surface area contributed by atoms with Gasteiger partial charge >= 0.3 is 5.69 Å². The number of primary amides is 1. The fraction of sp³-hybridized carbons (Fsp3) is 0.483. The number of aromatic amines is 1. The summed E-state index contributed by atoms with van der Waals surface area (Å²) in [6, 6.07) is 12.5. The second-order valence-electron chi connectivity index (χ2n) is 22.6. The molecule has 1 aliphatic carbocycles. The number of carbonyl (C=O) groups is 9. The monoisotopic (exact) mass is 1190 g/mol. The molecule has 5 aromatic rings. The second-order valence-corrected chi connectivity index (χ2v) is 27.0. The molecular weight excluding hydrogens is 1120 g/mol. The number of carbonyl (C=O) groups excluding carboxylic acids is 9. The average Bonchev–Trinajstić information content (AvgIpc) is 2.51. The molecule has 448 valence electrons. The number of aryl methyl sites for hydroxylation is 2. The number of sulfone groups is 1. The zero-order valence-electron chi connectivity index (χ0n) is 47.4. The molecule has 26 heteroatoms. The number of fused-ring (bicyclic) bond motifs is 3. The molecule has 84 heavy (non-hydrogen) atoms. The summed E-state index contributed by atoms with van der Waals surface area (Å²) in [5, 5.41) is 11.1. The topological polar surface area (TPSA) is 337 Å². The Morgan fingerprint density at radius 3 is 2.29 bits per heavy atom. The molecule has 7 N–H and O–H groups in total. The Morgan fingerprint density at radius 1 is 0.869 bits per heavy atom. The van der Waals surface area contributed by atoms with Gasteiger partial charge in [-0.05, 0) is 143 Å². The fourth-order valence-electron chi connectivity index (χ4n) is 12.2. The third kappa shape index (κ3) is 13.4. The van der Waals surface area contributed by atoms with Gasteiger partial charge < -0.3 is 41.0 Å². The minimum atomic E-state index is -3.67.